The lowest BCUT2D eigenvalue weighted by Gasteiger charge is -2.16. The molecule has 0 fully saturated rings. The summed E-state index contributed by atoms with van der Waals surface area (Å²) in [5.74, 6) is 0.530. The molecule has 0 aliphatic heterocycles. The Labute approximate surface area is 145 Å². The summed E-state index contributed by atoms with van der Waals surface area (Å²) >= 11 is 0. The molecule has 3 aromatic rings. The molecule has 0 aliphatic carbocycles. The first kappa shape index (κ1) is 16.7. The number of para-hydroxylation sites is 1. The molecular weight excluding hydrogens is 316 g/mol. The lowest BCUT2D eigenvalue weighted by atomic mass is 10.2. The van der Waals surface area contributed by atoms with Crippen molar-refractivity contribution in [1.29, 1.82) is 0 Å². The van der Waals surface area contributed by atoms with E-state index in [0.717, 1.165) is 22.3 Å². The minimum absolute atomic E-state index is 0.217. The minimum atomic E-state index is -0.262. The van der Waals surface area contributed by atoms with Crippen LogP contribution in [0.15, 0.2) is 60.9 Å². The van der Waals surface area contributed by atoms with Crippen LogP contribution in [-0.4, -0.2) is 35.1 Å². The summed E-state index contributed by atoms with van der Waals surface area (Å²) in [5, 5.41) is 3.81. The smallest absolute Gasteiger partial charge is 0.244 e. The molecule has 4 N–H and O–H groups in total. The number of amides is 1. The summed E-state index contributed by atoms with van der Waals surface area (Å²) in [6.45, 7) is 0.612. The molecule has 128 valence electrons. The number of hydrogen-bond donors (Lipinski definition) is 3. The van der Waals surface area contributed by atoms with E-state index < -0.39 is 0 Å². The van der Waals surface area contributed by atoms with Crippen molar-refractivity contribution in [2.24, 2.45) is 5.73 Å². The molecule has 0 saturated heterocycles. The number of carbonyl (C=O) groups excluding carboxylic acids is 1. The molecule has 6 nitrogen and oxygen atoms in total. The van der Waals surface area contributed by atoms with Gasteiger partial charge in [0, 0.05) is 36.0 Å². The minimum Gasteiger partial charge on any atom is -0.491 e. The Hall–Kier alpha value is -3.12. The number of pyridine rings is 1. The summed E-state index contributed by atoms with van der Waals surface area (Å²) in [5.41, 5.74) is 7.41. The Morgan fingerprint density at radius 2 is 2.12 bits per heavy atom. The van der Waals surface area contributed by atoms with E-state index in [0.29, 0.717) is 13.2 Å². The van der Waals surface area contributed by atoms with Crippen LogP contribution in [0.1, 0.15) is 5.56 Å². The summed E-state index contributed by atoms with van der Waals surface area (Å²) in [6, 6.07) is 13.0. The molecule has 2 heterocycles. The van der Waals surface area contributed by atoms with Crippen molar-refractivity contribution in [2.75, 3.05) is 13.2 Å². The summed E-state index contributed by atoms with van der Waals surface area (Å²) in [4.78, 5) is 19.4. The van der Waals surface area contributed by atoms with E-state index in [1.807, 2.05) is 48.7 Å². The van der Waals surface area contributed by atoms with Gasteiger partial charge in [-0.05, 0) is 30.3 Å². The van der Waals surface area contributed by atoms with E-state index in [-0.39, 0.29) is 11.9 Å². The van der Waals surface area contributed by atoms with Gasteiger partial charge in [0.25, 0.3) is 0 Å². The van der Waals surface area contributed by atoms with E-state index in [2.05, 4.69) is 15.3 Å². The standard InChI is InChI=1S/C19H20N4O2/c20-11-15(13-25-16-5-2-1-3-6-16)23-18(24)9-8-14-12-22-19-17(14)7-4-10-21-19/h1-10,12,15H,11,13,20H2,(H,21,22)(H,23,24)/b9-8+/t15-/m1/s1. The molecule has 1 atom stereocenters. The lowest BCUT2D eigenvalue weighted by molar-refractivity contribution is -0.117. The Balaban J connectivity index is 1.56. The van der Waals surface area contributed by atoms with Gasteiger partial charge in [0.2, 0.25) is 5.91 Å². The number of rotatable bonds is 7. The number of nitrogens with two attached hydrogens (primary N) is 1. The van der Waals surface area contributed by atoms with Crippen molar-refractivity contribution >= 4 is 23.0 Å². The first-order valence-corrected chi connectivity index (χ1v) is 8.05. The van der Waals surface area contributed by atoms with Gasteiger partial charge < -0.3 is 20.8 Å². The normalized spacial score (nSPS) is 12.4. The maximum Gasteiger partial charge on any atom is 0.244 e. The molecule has 1 amide bonds. The molecule has 25 heavy (non-hydrogen) atoms. The first-order valence-electron chi connectivity index (χ1n) is 8.05. The zero-order valence-electron chi connectivity index (χ0n) is 13.7. The largest absolute Gasteiger partial charge is 0.491 e. The molecule has 0 aliphatic rings. The van der Waals surface area contributed by atoms with Crippen molar-refractivity contribution in [1.82, 2.24) is 15.3 Å². The van der Waals surface area contributed by atoms with Gasteiger partial charge >= 0.3 is 0 Å². The highest BCUT2D eigenvalue weighted by molar-refractivity contribution is 5.95. The molecule has 0 spiro atoms. The monoisotopic (exact) mass is 336 g/mol. The average molecular weight is 336 g/mol. The van der Waals surface area contributed by atoms with E-state index in [1.165, 1.54) is 6.08 Å². The second-order valence-electron chi connectivity index (χ2n) is 5.54. The average Bonchev–Trinajstić information content (AvgIpc) is 3.07. The molecule has 1 aromatic carbocycles. The van der Waals surface area contributed by atoms with Gasteiger partial charge in [-0.3, -0.25) is 4.79 Å². The van der Waals surface area contributed by atoms with E-state index >= 15 is 0 Å². The number of H-pyrrole nitrogens is 1. The van der Waals surface area contributed by atoms with Crippen LogP contribution in [0.5, 0.6) is 5.75 Å². The number of aromatic nitrogens is 2. The van der Waals surface area contributed by atoms with E-state index in [9.17, 15) is 4.79 Å². The van der Waals surface area contributed by atoms with E-state index in [4.69, 9.17) is 10.5 Å². The maximum atomic E-state index is 12.1. The zero-order valence-corrected chi connectivity index (χ0v) is 13.7. The second-order valence-corrected chi connectivity index (χ2v) is 5.54. The van der Waals surface area contributed by atoms with Crippen LogP contribution in [0, 0.1) is 0 Å². The molecule has 0 unspecified atom stereocenters. The summed E-state index contributed by atoms with van der Waals surface area (Å²) < 4.78 is 5.64. The highest BCUT2D eigenvalue weighted by Gasteiger charge is 2.10. The zero-order chi connectivity index (χ0) is 17.5. The highest BCUT2D eigenvalue weighted by Crippen LogP contribution is 2.16. The highest BCUT2D eigenvalue weighted by atomic mass is 16.5. The number of fused-ring (bicyclic) bond motifs is 1. The Bertz CT molecular complexity index is 858. The van der Waals surface area contributed by atoms with Crippen molar-refractivity contribution < 1.29 is 9.53 Å². The van der Waals surface area contributed by atoms with Gasteiger partial charge in [0.05, 0.1) is 6.04 Å². The predicted molar refractivity (Wildman–Crippen MR) is 98.0 cm³/mol. The fourth-order valence-electron chi connectivity index (χ4n) is 2.41. The number of aromatic amines is 1. The maximum absolute atomic E-state index is 12.1. The van der Waals surface area contributed by atoms with Crippen LogP contribution in [0.4, 0.5) is 0 Å². The molecule has 0 radical (unpaired) electrons. The lowest BCUT2D eigenvalue weighted by Crippen LogP contribution is -2.43. The first-order chi connectivity index (χ1) is 12.3. The van der Waals surface area contributed by atoms with Crippen molar-refractivity contribution in [3.63, 3.8) is 0 Å². The molecule has 3 rings (SSSR count). The molecule has 0 bridgehead atoms. The number of carbonyl (C=O) groups is 1. The fraction of sp³-hybridized carbons (Fsp3) is 0.158. The van der Waals surface area contributed by atoms with Crippen LogP contribution in [0.2, 0.25) is 0 Å². The summed E-state index contributed by atoms with van der Waals surface area (Å²) in [7, 11) is 0. The van der Waals surface area contributed by atoms with Crippen LogP contribution in [0.25, 0.3) is 17.1 Å². The molecule has 2 aromatic heterocycles. The number of ether oxygens (including phenoxy) is 1. The van der Waals surface area contributed by atoms with Crippen molar-refractivity contribution in [3.05, 3.63) is 66.5 Å². The van der Waals surface area contributed by atoms with Crippen molar-refractivity contribution in [3.8, 4) is 5.75 Å². The van der Waals surface area contributed by atoms with Crippen molar-refractivity contribution in [2.45, 2.75) is 6.04 Å². The Kier molecular flexibility index (Phi) is 5.43. The Morgan fingerprint density at radius 3 is 2.92 bits per heavy atom. The molecule has 6 heteroatoms. The van der Waals surface area contributed by atoms with Crippen LogP contribution in [-0.2, 0) is 4.79 Å². The molecule has 0 saturated carbocycles. The number of benzene rings is 1. The van der Waals surface area contributed by atoms with Crippen LogP contribution < -0.4 is 15.8 Å². The number of hydrogen-bond acceptors (Lipinski definition) is 4. The van der Waals surface area contributed by atoms with Gasteiger partial charge in [-0.1, -0.05) is 18.2 Å². The third-order valence-corrected chi connectivity index (χ3v) is 3.72. The SMILES string of the molecule is NC[C@H](COc1ccccc1)NC(=O)/C=C/c1c[nH]c2ncccc12. The third-order valence-electron chi connectivity index (χ3n) is 3.72. The van der Waals surface area contributed by atoms with Gasteiger partial charge in [0.1, 0.15) is 18.0 Å². The number of nitrogens with zero attached hydrogens (tertiary/aromatic N) is 1. The van der Waals surface area contributed by atoms with Gasteiger partial charge in [-0.25, -0.2) is 4.98 Å². The van der Waals surface area contributed by atoms with Gasteiger partial charge in [-0.15, -0.1) is 0 Å². The van der Waals surface area contributed by atoms with Crippen LogP contribution in [0.3, 0.4) is 0 Å². The number of nitrogens with one attached hydrogen (secondary N) is 2. The second kappa shape index (κ2) is 8.12. The Morgan fingerprint density at radius 1 is 1.28 bits per heavy atom. The predicted octanol–water partition coefficient (Wildman–Crippen LogP) is 2.10. The van der Waals surface area contributed by atoms with Gasteiger partial charge in [0.15, 0.2) is 0 Å². The topological polar surface area (TPSA) is 93.0 Å². The third kappa shape index (κ3) is 4.45. The quantitative estimate of drug-likeness (QED) is 0.576. The summed E-state index contributed by atoms with van der Waals surface area (Å²) in [6.07, 6.45) is 6.78. The molecular formula is C19H20N4O2. The van der Waals surface area contributed by atoms with Crippen LogP contribution >= 0.6 is 0 Å². The van der Waals surface area contributed by atoms with E-state index in [1.54, 1.807) is 12.3 Å². The van der Waals surface area contributed by atoms with Gasteiger partial charge in [-0.2, -0.15) is 0 Å². The fourth-order valence-corrected chi connectivity index (χ4v) is 2.41.